The number of carbonyl (C=O) groups excluding carboxylic acids is 1. The Morgan fingerprint density at radius 1 is 1.26 bits per heavy atom. The largest absolute Gasteiger partial charge is 0.349 e. The quantitative estimate of drug-likeness (QED) is 0.732. The van der Waals surface area contributed by atoms with Gasteiger partial charge >= 0.3 is 0 Å². The Balaban J connectivity index is 1.67. The van der Waals surface area contributed by atoms with E-state index < -0.39 is 0 Å². The molecule has 0 aliphatic carbocycles. The second-order valence-corrected chi connectivity index (χ2v) is 6.31. The Morgan fingerprint density at radius 3 is 2.83 bits per heavy atom. The van der Waals surface area contributed by atoms with Gasteiger partial charge in [0.2, 0.25) is 5.91 Å². The van der Waals surface area contributed by atoms with Gasteiger partial charge in [0, 0.05) is 7.05 Å². The van der Waals surface area contributed by atoms with E-state index >= 15 is 0 Å². The van der Waals surface area contributed by atoms with Gasteiger partial charge in [0.1, 0.15) is 6.33 Å². The molecule has 0 saturated carbocycles. The van der Waals surface area contributed by atoms with Gasteiger partial charge in [-0.15, -0.1) is 10.2 Å². The smallest absolute Gasteiger partial charge is 0.230 e. The maximum Gasteiger partial charge on any atom is 0.230 e. The van der Waals surface area contributed by atoms with Crippen LogP contribution in [0.25, 0.3) is 10.8 Å². The maximum absolute atomic E-state index is 12.2. The van der Waals surface area contributed by atoms with Crippen LogP contribution in [0.5, 0.6) is 0 Å². The Labute approximate surface area is 139 Å². The van der Waals surface area contributed by atoms with Crippen LogP contribution in [-0.2, 0) is 11.8 Å². The summed E-state index contributed by atoms with van der Waals surface area (Å²) >= 11 is 1.38. The summed E-state index contributed by atoms with van der Waals surface area (Å²) < 4.78 is 1.80. The number of amides is 1. The average Bonchev–Trinajstić information content (AvgIpc) is 2.97. The fourth-order valence-electron chi connectivity index (χ4n) is 2.52. The van der Waals surface area contributed by atoms with Crippen molar-refractivity contribution in [2.45, 2.75) is 18.1 Å². The van der Waals surface area contributed by atoms with Gasteiger partial charge in [0.15, 0.2) is 5.16 Å². The zero-order chi connectivity index (χ0) is 16.2. The molecule has 1 atom stereocenters. The number of fused-ring (bicyclic) bond motifs is 1. The van der Waals surface area contributed by atoms with Crippen molar-refractivity contribution in [2.24, 2.45) is 7.05 Å². The topological polar surface area (TPSA) is 59.8 Å². The first-order valence-corrected chi connectivity index (χ1v) is 8.37. The van der Waals surface area contributed by atoms with E-state index in [2.05, 4.69) is 39.8 Å². The van der Waals surface area contributed by atoms with Gasteiger partial charge in [-0.1, -0.05) is 54.2 Å². The van der Waals surface area contributed by atoms with Crippen LogP contribution in [0.15, 0.2) is 53.9 Å². The first-order chi connectivity index (χ1) is 11.1. The summed E-state index contributed by atoms with van der Waals surface area (Å²) in [6.45, 7) is 2.01. The molecule has 2 aromatic carbocycles. The summed E-state index contributed by atoms with van der Waals surface area (Å²) in [5, 5.41) is 13.9. The molecule has 1 unspecified atom stereocenters. The number of nitrogens with one attached hydrogen (secondary N) is 1. The highest BCUT2D eigenvalue weighted by molar-refractivity contribution is 7.99. The predicted octanol–water partition coefficient (Wildman–Crippen LogP) is 2.94. The zero-order valence-electron chi connectivity index (χ0n) is 13.1. The van der Waals surface area contributed by atoms with Gasteiger partial charge in [0.05, 0.1) is 11.8 Å². The number of carbonyl (C=O) groups is 1. The second-order valence-electron chi connectivity index (χ2n) is 5.37. The zero-order valence-corrected chi connectivity index (χ0v) is 13.9. The molecule has 118 valence electrons. The third-order valence-electron chi connectivity index (χ3n) is 3.67. The minimum atomic E-state index is -0.0475. The van der Waals surface area contributed by atoms with Crippen LogP contribution in [0.1, 0.15) is 18.5 Å². The van der Waals surface area contributed by atoms with Gasteiger partial charge in [-0.3, -0.25) is 4.79 Å². The number of aryl methyl sites for hydroxylation is 1. The van der Waals surface area contributed by atoms with Crippen molar-refractivity contribution in [1.82, 2.24) is 20.1 Å². The minimum absolute atomic E-state index is 0.0153. The molecular weight excluding hydrogens is 308 g/mol. The second kappa shape index (κ2) is 6.83. The molecule has 0 spiro atoms. The molecule has 5 nitrogen and oxygen atoms in total. The van der Waals surface area contributed by atoms with Crippen LogP contribution in [-0.4, -0.2) is 26.4 Å². The van der Waals surface area contributed by atoms with Crippen molar-refractivity contribution >= 4 is 28.4 Å². The molecule has 1 aromatic heterocycles. The molecule has 23 heavy (non-hydrogen) atoms. The van der Waals surface area contributed by atoms with Crippen molar-refractivity contribution < 1.29 is 4.79 Å². The molecule has 0 radical (unpaired) electrons. The highest BCUT2D eigenvalue weighted by Gasteiger charge is 2.13. The van der Waals surface area contributed by atoms with Gasteiger partial charge in [-0.2, -0.15) is 0 Å². The number of hydrogen-bond acceptors (Lipinski definition) is 4. The summed E-state index contributed by atoms with van der Waals surface area (Å²) in [5.74, 6) is 0.306. The molecule has 3 rings (SSSR count). The standard InChI is InChI=1S/C17H18N4OS/c1-12(14-9-5-7-13-6-3-4-8-15(13)14)19-16(22)10-23-17-20-18-11-21(17)2/h3-9,11-12H,10H2,1-2H3,(H,19,22). The van der Waals surface area contributed by atoms with Crippen LogP contribution in [0, 0.1) is 0 Å². The third-order valence-corrected chi connectivity index (χ3v) is 4.70. The van der Waals surface area contributed by atoms with E-state index in [1.165, 1.54) is 22.5 Å². The monoisotopic (exact) mass is 326 g/mol. The molecule has 3 aromatic rings. The molecule has 0 aliphatic rings. The third kappa shape index (κ3) is 3.53. The molecule has 0 saturated heterocycles. The normalized spacial score (nSPS) is 12.3. The van der Waals surface area contributed by atoms with Crippen molar-refractivity contribution in [3.05, 3.63) is 54.4 Å². The maximum atomic E-state index is 12.2. The summed E-state index contributed by atoms with van der Waals surface area (Å²) in [6.07, 6.45) is 1.62. The first kappa shape index (κ1) is 15.6. The van der Waals surface area contributed by atoms with Crippen LogP contribution in [0.3, 0.4) is 0 Å². The minimum Gasteiger partial charge on any atom is -0.349 e. The van der Waals surface area contributed by atoms with Crippen LogP contribution < -0.4 is 5.32 Å². The highest BCUT2D eigenvalue weighted by atomic mass is 32.2. The van der Waals surface area contributed by atoms with Crippen LogP contribution in [0.2, 0.25) is 0 Å². The number of aromatic nitrogens is 3. The van der Waals surface area contributed by atoms with Crippen molar-refractivity contribution in [1.29, 1.82) is 0 Å². The van der Waals surface area contributed by atoms with E-state index in [0.717, 1.165) is 10.7 Å². The van der Waals surface area contributed by atoms with Crippen molar-refractivity contribution in [2.75, 3.05) is 5.75 Å². The lowest BCUT2D eigenvalue weighted by molar-refractivity contribution is -0.119. The number of benzene rings is 2. The Kier molecular flexibility index (Phi) is 4.62. The molecule has 6 heteroatoms. The Morgan fingerprint density at radius 2 is 2.04 bits per heavy atom. The summed E-state index contributed by atoms with van der Waals surface area (Å²) in [7, 11) is 1.86. The summed E-state index contributed by atoms with van der Waals surface area (Å²) in [4.78, 5) is 12.2. The van der Waals surface area contributed by atoms with E-state index in [9.17, 15) is 4.79 Å². The number of thioether (sulfide) groups is 1. The Hall–Kier alpha value is -2.34. The van der Waals surface area contributed by atoms with E-state index in [-0.39, 0.29) is 11.9 Å². The molecule has 1 N–H and O–H groups in total. The molecule has 1 heterocycles. The lowest BCUT2D eigenvalue weighted by Crippen LogP contribution is -2.28. The first-order valence-electron chi connectivity index (χ1n) is 7.39. The van der Waals surface area contributed by atoms with Crippen LogP contribution >= 0.6 is 11.8 Å². The molecule has 0 aliphatic heterocycles. The number of rotatable bonds is 5. The Bertz CT molecular complexity index is 825. The van der Waals surface area contributed by atoms with Gasteiger partial charge < -0.3 is 9.88 Å². The lowest BCUT2D eigenvalue weighted by Gasteiger charge is -2.16. The molecule has 1 amide bonds. The molecular formula is C17H18N4OS. The number of hydrogen-bond donors (Lipinski definition) is 1. The van der Waals surface area contributed by atoms with Gasteiger partial charge in [-0.25, -0.2) is 0 Å². The predicted molar refractivity (Wildman–Crippen MR) is 92.2 cm³/mol. The van der Waals surface area contributed by atoms with Gasteiger partial charge in [-0.05, 0) is 23.3 Å². The molecule has 0 fully saturated rings. The van der Waals surface area contributed by atoms with Crippen molar-refractivity contribution in [3.63, 3.8) is 0 Å². The van der Waals surface area contributed by atoms with E-state index in [4.69, 9.17) is 0 Å². The van der Waals surface area contributed by atoms with Crippen molar-refractivity contribution in [3.8, 4) is 0 Å². The fraction of sp³-hybridized carbons (Fsp3) is 0.235. The number of nitrogens with zero attached hydrogens (tertiary/aromatic N) is 3. The highest BCUT2D eigenvalue weighted by Crippen LogP contribution is 2.24. The fourth-order valence-corrected chi connectivity index (χ4v) is 3.22. The van der Waals surface area contributed by atoms with E-state index in [0.29, 0.717) is 5.75 Å². The SMILES string of the molecule is CC(NC(=O)CSc1nncn1C)c1cccc2ccccc12. The van der Waals surface area contributed by atoms with E-state index in [1.807, 2.05) is 32.2 Å². The van der Waals surface area contributed by atoms with Crippen LogP contribution in [0.4, 0.5) is 0 Å². The van der Waals surface area contributed by atoms with E-state index in [1.54, 1.807) is 10.9 Å². The lowest BCUT2D eigenvalue weighted by atomic mass is 10.00. The average molecular weight is 326 g/mol. The van der Waals surface area contributed by atoms with Gasteiger partial charge in [0.25, 0.3) is 0 Å². The summed E-state index contributed by atoms with van der Waals surface area (Å²) in [6, 6.07) is 14.3. The molecule has 0 bridgehead atoms. The summed E-state index contributed by atoms with van der Waals surface area (Å²) in [5.41, 5.74) is 1.13.